The van der Waals surface area contributed by atoms with Gasteiger partial charge in [0.2, 0.25) is 10.0 Å². The Morgan fingerprint density at radius 2 is 1.74 bits per heavy atom. The first kappa shape index (κ1) is 20.0. The lowest BCUT2D eigenvalue weighted by Gasteiger charge is -2.39. The molecule has 0 aliphatic carbocycles. The zero-order chi connectivity index (χ0) is 21.8. The van der Waals surface area contributed by atoms with E-state index in [1.165, 1.54) is 33.8 Å². The number of nitrogens with one attached hydrogen (secondary N) is 2. The average molecular weight is 441 g/mol. The monoisotopic (exact) mass is 440 g/mol. The van der Waals surface area contributed by atoms with Gasteiger partial charge >= 0.3 is 5.69 Å². The summed E-state index contributed by atoms with van der Waals surface area (Å²) in [6.07, 6.45) is 2.52. The second-order valence-corrected chi connectivity index (χ2v) is 10.3. The van der Waals surface area contributed by atoms with E-state index in [0.717, 1.165) is 19.3 Å². The van der Waals surface area contributed by atoms with Crippen LogP contribution in [0.4, 0.5) is 5.69 Å². The molecule has 2 aromatic carbocycles. The van der Waals surface area contributed by atoms with E-state index in [1.54, 1.807) is 0 Å². The maximum absolute atomic E-state index is 13.2. The molecule has 0 bridgehead atoms. The molecule has 0 radical (unpaired) electrons. The van der Waals surface area contributed by atoms with Gasteiger partial charge in [-0.05, 0) is 56.0 Å². The second-order valence-electron chi connectivity index (χ2n) is 8.34. The number of nitrogens with zero attached hydrogens (tertiary/aromatic N) is 2. The zero-order valence-electron chi connectivity index (χ0n) is 17.2. The van der Waals surface area contributed by atoms with Crippen LogP contribution >= 0.6 is 0 Å². The quantitative estimate of drug-likeness (QED) is 0.646. The van der Waals surface area contributed by atoms with Crippen molar-refractivity contribution in [1.29, 1.82) is 0 Å². The Labute approximate surface area is 179 Å². The van der Waals surface area contributed by atoms with Crippen LogP contribution in [0, 0.1) is 0 Å². The van der Waals surface area contributed by atoms with Crippen molar-refractivity contribution in [3.63, 3.8) is 0 Å². The number of rotatable bonds is 3. The average Bonchev–Trinajstić information content (AvgIpc) is 3.09. The highest BCUT2D eigenvalue weighted by molar-refractivity contribution is 7.89. The van der Waals surface area contributed by atoms with Gasteiger partial charge in [-0.1, -0.05) is 18.2 Å². The van der Waals surface area contributed by atoms with E-state index in [9.17, 15) is 18.0 Å². The molecule has 31 heavy (non-hydrogen) atoms. The fraction of sp³-hybridized carbons (Fsp3) is 0.364. The molecule has 1 saturated heterocycles. The van der Waals surface area contributed by atoms with E-state index in [2.05, 4.69) is 46.1 Å². The summed E-state index contributed by atoms with van der Waals surface area (Å²) in [4.78, 5) is 30.7. The zero-order valence-corrected chi connectivity index (χ0v) is 18.0. The van der Waals surface area contributed by atoms with Crippen LogP contribution in [0.5, 0.6) is 0 Å². The van der Waals surface area contributed by atoms with Crippen molar-refractivity contribution in [2.75, 3.05) is 18.0 Å². The van der Waals surface area contributed by atoms with E-state index in [-0.39, 0.29) is 10.3 Å². The summed E-state index contributed by atoms with van der Waals surface area (Å²) in [5, 5.41) is 0.151. The lowest BCUT2D eigenvalue weighted by molar-refractivity contribution is 0.305. The molecule has 0 saturated carbocycles. The lowest BCUT2D eigenvalue weighted by Crippen LogP contribution is -2.48. The Balaban J connectivity index is 1.37. The summed E-state index contributed by atoms with van der Waals surface area (Å²) in [7, 11) is -3.73. The lowest BCUT2D eigenvalue weighted by atomic mass is 10.0. The van der Waals surface area contributed by atoms with Crippen molar-refractivity contribution in [3.8, 4) is 0 Å². The molecule has 3 aromatic rings. The molecule has 0 spiro atoms. The maximum Gasteiger partial charge on any atom is 0.326 e. The molecule has 162 valence electrons. The summed E-state index contributed by atoms with van der Waals surface area (Å²) in [5.74, 6) is 0. The van der Waals surface area contributed by atoms with Crippen LogP contribution in [0.15, 0.2) is 56.9 Å². The van der Waals surface area contributed by atoms with Crippen molar-refractivity contribution in [2.24, 2.45) is 0 Å². The number of aromatic amines is 2. The fourth-order valence-electron chi connectivity index (χ4n) is 4.96. The first-order chi connectivity index (χ1) is 14.8. The Hall–Kier alpha value is -2.91. The van der Waals surface area contributed by atoms with E-state index in [1.807, 2.05) is 0 Å². The summed E-state index contributed by atoms with van der Waals surface area (Å²) in [6, 6.07) is 13.4. The third-order valence-corrected chi connectivity index (χ3v) is 8.32. The molecule has 2 N–H and O–H groups in total. The first-order valence-corrected chi connectivity index (χ1v) is 11.9. The SMILES string of the molecule is CC1Cc2ccccc2N1C1CCN(S(=O)(=O)c2ccc3[nH]c(=O)[nH]c(=O)c3c2)CC1. The Morgan fingerprint density at radius 3 is 2.52 bits per heavy atom. The number of anilines is 1. The minimum atomic E-state index is -3.73. The van der Waals surface area contributed by atoms with E-state index in [0.29, 0.717) is 30.7 Å². The molecular formula is C22H24N4O4S. The molecule has 1 fully saturated rings. The predicted molar refractivity (Wildman–Crippen MR) is 119 cm³/mol. The van der Waals surface area contributed by atoms with Gasteiger partial charge in [0.15, 0.2) is 0 Å². The van der Waals surface area contributed by atoms with Gasteiger partial charge in [0.1, 0.15) is 0 Å². The van der Waals surface area contributed by atoms with Crippen molar-refractivity contribution >= 4 is 26.6 Å². The third kappa shape index (κ3) is 3.37. The maximum atomic E-state index is 13.2. The topological polar surface area (TPSA) is 106 Å². The van der Waals surface area contributed by atoms with E-state index >= 15 is 0 Å². The standard InChI is InChI=1S/C22H24N4O4S/c1-14-12-15-4-2-3-5-20(15)26(14)16-8-10-25(11-9-16)31(29,30)17-6-7-19-18(13-17)21(27)24-22(28)23-19/h2-7,13-14,16H,8-12H2,1H3,(H2,23,24,27,28). The van der Waals surface area contributed by atoms with E-state index < -0.39 is 21.3 Å². The second kappa shape index (κ2) is 7.35. The molecule has 3 heterocycles. The van der Waals surface area contributed by atoms with Crippen molar-refractivity contribution in [1.82, 2.24) is 14.3 Å². The van der Waals surface area contributed by atoms with Crippen LogP contribution in [-0.4, -0.2) is 47.9 Å². The fourth-order valence-corrected chi connectivity index (χ4v) is 6.46. The van der Waals surface area contributed by atoms with Gasteiger partial charge in [-0.2, -0.15) is 4.31 Å². The van der Waals surface area contributed by atoms with Crippen molar-refractivity contribution in [2.45, 2.75) is 43.2 Å². The molecule has 5 rings (SSSR count). The first-order valence-electron chi connectivity index (χ1n) is 10.5. The normalized spacial score (nSPS) is 20.3. The van der Waals surface area contributed by atoms with Crippen LogP contribution < -0.4 is 16.1 Å². The van der Waals surface area contributed by atoms with Crippen LogP contribution in [0.1, 0.15) is 25.3 Å². The van der Waals surface area contributed by atoms with E-state index in [4.69, 9.17) is 0 Å². The molecule has 1 unspecified atom stereocenters. The van der Waals surface area contributed by atoms with Gasteiger partial charge in [0.25, 0.3) is 5.56 Å². The predicted octanol–water partition coefficient (Wildman–Crippen LogP) is 1.82. The number of hydrogen-bond donors (Lipinski definition) is 2. The number of aromatic nitrogens is 2. The molecule has 1 aromatic heterocycles. The highest BCUT2D eigenvalue weighted by atomic mass is 32.2. The number of benzene rings is 2. The van der Waals surface area contributed by atoms with Crippen LogP contribution in [0.25, 0.3) is 10.9 Å². The summed E-state index contributed by atoms with van der Waals surface area (Å²) in [6.45, 7) is 3.08. The molecule has 1 atom stereocenters. The van der Waals surface area contributed by atoms with Crippen LogP contribution in [0.3, 0.4) is 0 Å². The van der Waals surface area contributed by atoms with Crippen molar-refractivity contribution < 1.29 is 8.42 Å². The smallest absolute Gasteiger partial charge is 0.326 e. The highest BCUT2D eigenvalue weighted by Gasteiger charge is 2.36. The van der Waals surface area contributed by atoms with Crippen LogP contribution in [-0.2, 0) is 16.4 Å². The van der Waals surface area contributed by atoms with Gasteiger partial charge in [-0.15, -0.1) is 0 Å². The number of fused-ring (bicyclic) bond motifs is 2. The minimum Gasteiger partial charge on any atom is -0.365 e. The number of hydrogen-bond acceptors (Lipinski definition) is 5. The van der Waals surface area contributed by atoms with Crippen LogP contribution in [0.2, 0.25) is 0 Å². The Morgan fingerprint density at radius 1 is 1.00 bits per heavy atom. The van der Waals surface area contributed by atoms with Gasteiger partial charge in [0.05, 0.1) is 15.8 Å². The van der Waals surface area contributed by atoms with Crippen molar-refractivity contribution in [3.05, 3.63) is 68.9 Å². The highest BCUT2D eigenvalue weighted by Crippen LogP contribution is 2.36. The molecule has 2 aliphatic heterocycles. The molecule has 8 nitrogen and oxygen atoms in total. The van der Waals surface area contributed by atoms with Gasteiger partial charge < -0.3 is 9.88 Å². The molecule has 2 aliphatic rings. The Bertz CT molecular complexity index is 1370. The number of piperidine rings is 1. The molecular weight excluding hydrogens is 416 g/mol. The molecule has 0 amide bonds. The van der Waals surface area contributed by atoms with Gasteiger partial charge in [-0.25, -0.2) is 13.2 Å². The van der Waals surface area contributed by atoms with Gasteiger partial charge in [-0.3, -0.25) is 9.78 Å². The third-order valence-electron chi connectivity index (χ3n) is 6.43. The van der Waals surface area contributed by atoms with Gasteiger partial charge in [0, 0.05) is 30.9 Å². The largest absolute Gasteiger partial charge is 0.365 e. The summed E-state index contributed by atoms with van der Waals surface area (Å²) < 4.78 is 28.0. The molecule has 9 heteroatoms. The summed E-state index contributed by atoms with van der Waals surface area (Å²) in [5.41, 5.74) is 1.71. The Kier molecular flexibility index (Phi) is 4.75. The number of H-pyrrole nitrogens is 2. The minimum absolute atomic E-state index is 0.0656. The number of para-hydroxylation sites is 1. The summed E-state index contributed by atoms with van der Waals surface area (Å²) >= 11 is 0. The number of sulfonamides is 1.